The standard InChI is InChI=1S/C17H18FNO2/c1-3-12-7-9-14(10-8-12)19(2)11-13-5-4-6-15(16(13)18)17(20)21/h4-10H,3,11H2,1-2H3,(H,20,21). The van der Waals surface area contributed by atoms with Crippen molar-refractivity contribution in [1.29, 1.82) is 0 Å². The van der Waals surface area contributed by atoms with Crippen LogP contribution in [0.5, 0.6) is 0 Å². The summed E-state index contributed by atoms with van der Waals surface area (Å²) in [6.07, 6.45) is 0.972. The van der Waals surface area contributed by atoms with Crippen molar-refractivity contribution in [1.82, 2.24) is 0 Å². The highest BCUT2D eigenvalue weighted by Gasteiger charge is 2.14. The summed E-state index contributed by atoms with van der Waals surface area (Å²) in [5, 5.41) is 8.95. The summed E-state index contributed by atoms with van der Waals surface area (Å²) in [5.41, 5.74) is 2.29. The van der Waals surface area contributed by atoms with E-state index in [4.69, 9.17) is 5.11 Å². The molecule has 0 fully saturated rings. The molecule has 2 aromatic carbocycles. The number of nitrogens with zero attached hydrogens (tertiary/aromatic N) is 1. The molecule has 2 rings (SSSR count). The second kappa shape index (κ2) is 6.39. The minimum absolute atomic E-state index is 0.290. The summed E-state index contributed by atoms with van der Waals surface area (Å²) in [6.45, 7) is 2.41. The van der Waals surface area contributed by atoms with Crippen molar-refractivity contribution in [2.75, 3.05) is 11.9 Å². The molecule has 0 saturated heterocycles. The zero-order chi connectivity index (χ0) is 15.4. The molecule has 4 heteroatoms. The van der Waals surface area contributed by atoms with Gasteiger partial charge in [-0.15, -0.1) is 0 Å². The van der Waals surface area contributed by atoms with Crippen LogP contribution in [0.15, 0.2) is 42.5 Å². The summed E-state index contributed by atoms with van der Waals surface area (Å²) >= 11 is 0. The van der Waals surface area contributed by atoms with Crippen molar-refractivity contribution in [2.45, 2.75) is 19.9 Å². The van der Waals surface area contributed by atoms with Crippen molar-refractivity contribution in [3.63, 3.8) is 0 Å². The highest BCUT2D eigenvalue weighted by molar-refractivity contribution is 5.88. The van der Waals surface area contributed by atoms with E-state index in [0.29, 0.717) is 12.1 Å². The van der Waals surface area contributed by atoms with Crippen LogP contribution in [0.25, 0.3) is 0 Å². The van der Waals surface area contributed by atoms with Gasteiger partial charge >= 0.3 is 5.97 Å². The van der Waals surface area contributed by atoms with Crippen LogP contribution in [0.1, 0.15) is 28.4 Å². The van der Waals surface area contributed by atoms with Gasteiger partial charge in [-0.1, -0.05) is 31.2 Å². The first-order chi connectivity index (χ1) is 10.0. The lowest BCUT2D eigenvalue weighted by Gasteiger charge is -2.20. The molecule has 3 nitrogen and oxygen atoms in total. The lowest BCUT2D eigenvalue weighted by atomic mass is 10.1. The lowest BCUT2D eigenvalue weighted by Crippen LogP contribution is -2.18. The van der Waals surface area contributed by atoms with E-state index in [-0.39, 0.29) is 5.56 Å². The van der Waals surface area contributed by atoms with Crippen LogP contribution in [0.3, 0.4) is 0 Å². The number of halogens is 1. The number of aryl methyl sites for hydroxylation is 1. The lowest BCUT2D eigenvalue weighted by molar-refractivity contribution is 0.0691. The monoisotopic (exact) mass is 287 g/mol. The number of aromatic carboxylic acids is 1. The van der Waals surface area contributed by atoms with Crippen LogP contribution in [0.2, 0.25) is 0 Å². The first kappa shape index (κ1) is 15.0. The molecule has 0 heterocycles. The Morgan fingerprint density at radius 1 is 1.19 bits per heavy atom. The number of carboxylic acid groups (broad SMARTS) is 1. The zero-order valence-corrected chi connectivity index (χ0v) is 12.1. The van der Waals surface area contributed by atoms with Gasteiger partial charge in [0.1, 0.15) is 5.82 Å². The zero-order valence-electron chi connectivity index (χ0n) is 12.1. The number of anilines is 1. The van der Waals surface area contributed by atoms with E-state index in [0.717, 1.165) is 12.1 Å². The van der Waals surface area contributed by atoms with Crippen molar-refractivity contribution in [3.8, 4) is 0 Å². The summed E-state index contributed by atoms with van der Waals surface area (Å²) in [5.74, 6) is -1.91. The highest BCUT2D eigenvalue weighted by Crippen LogP contribution is 2.20. The first-order valence-electron chi connectivity index (χ1n) is 6.83. The average Bonchev–Trinajstić information content (AvgIpc) is 2.49. The molecule has 1 N–H and O–H groups in total. The van der Waals surface area contributed by atoms with Gasteiger partial charge in [0.15, 0.2) is 0 Å². The first-order valence-corrected chi connectivity index (χ1v) is 6.83. The molecule has 21 heavy (non-hydrogen) atoms. The van der Waals surface area contributed by atoms with E-state index in [1.54, 1.807) is 12.1 Å². The van der Waals surface area contributed by atoms with Crippen LogP contribution < -0.4 is 4.90 Å². The topological polar surface area (TPSA) is 40.5 Å². The molecule has 0 saturated carbocycles. The molecule has 0 bridgehead atoms. The number of carbonyl (C=O) groups is 1. The molecule has 2 aromatic rings. The third-order valence-corrected chi connectivity index (χ3v) is 3.50. The van der Waals surface area contributed by atoms with Crippen molar-refractivity contribution in [2.24, 2.45) is 0 Å². The van der Waals surface area contributed by atoms with Crippen LogP contribution in [-0.4, -0.2) is 18.1 Å². The highest BCUT2D eigenvalue weighted by atomic mass is 19.1. The van der Waals surface area contributed by atoms with E-state index in [1.807, 2.05) is 36.2 Å². The quantitative estimate of drug-likeness (QED) is 0.911. The van der Waals surface area contributed by atoms with Crippen LogP contribution in [-0.2, 0) is 13.0 Å². The van der Waals surface area contributed by atoms with Gasteiger partial charge in [-0.25, -0.2) is 9.18 Å². The number of hydrogen-bond donors (Lipinski definition) is 1. The summed E-state index contributed by atoms with van der Waals surface area (Å²) in [6, 6.07) is 12.5. The molecule has 0 spiro atoms. The Morgan fingerprint density at radius 2 is 1.86 bits per heavy atom. The Labute approximate surface area is 123 Å². The number of benzene rings is 2. The largest absolute Gasteiger partial charge is 0.478 e. The second-order valence-electron chi connectivity index (χ2n) is 4.96. The SMILES string of the molecule is CCc1ccc(N(C)Cc2cccc(C(=O)O)c2F)cc1. The van der Waals surface area contributed by atoms with Gasteiger partial charge in [0, 0.05) is 24.8 Å². The van der Waals surface area contributed by atoms with Crippen molar-refractivity contribution >= 4 is 11.7 Å². The molecular formula is C17H18FNO2. The van der Waals surface area contributed by atoms with Gasteiger partial charge in [-0.05, 0) is 30.2 Å². The summed E-state index contributed by atoms with van der Waals surface area (Å²) in [7, 11) is 1.85. The third kappa shape index (κ3) is 3.40. The van der Waals surface area contributed by atoms with Crippen molar-refractivity contribution in [3.05, 3.63) is 65.0 Å². The smallest absolute Gasteiger partial charge is 0.338 e. The number of carboxylic acids is 1. The Balaban J connectivity index is 2.20. The fourth-order valence-electron chi connectivity index (χ4n) is 2.20. The fourth-order valence-corrected chi connectivity index (χ4v) is 2.20. The predicted molar refractivity (Wildman–Crippen MR) is 81.3 cm³/mol. The minimum atomic E-state index is -1.25. The molecule has 0 radical (unpaired) electrons. The van der Waals surface area contributed by atoms with Gasteiger partial charge in [-0.2, -0.15) is 0 Å². The molecule has 110 valence electrons. The molecular weight excluding hydrogens is 269 g/mol. The van der Waals surface area contributed by atoms with Crippen molar-refractivity contribution < 1.29 is 14.3 Å². The van der Waals surface area contributed by atoms with E-state index in [9.17, 15) is 9.18 Å². The molecule has 0 amide bonds. The van der Waals surface area contributed by atoms with Gasteiger partial charge in [0.25, 0.3) is 0 Å². The summed E-state index contributed by atoms with van der Waals surface area (Å²) < 4.78 is 14.1. The summed E-state index contributed by atoms with van der Waals surface area (Å²) in [4.78, 5) is 12.8. The van der Waals surface area contributed by atoms with Crippen LogP contribution >= 0.6 is 0 Å². The number of hydrogen-bond acceptors (Lipinski definition) is 2. The van der Waals surface area contributed by atoms with E-state index >= 15 is 0 Å². The normalized spacial score (nSPS) is 10.4. The maximum absolute atomic E-state index is 14.1. The Bertz CT molecular complexity index is 638. The molecule has 0 aliphatic heterocycles. The van der Waals surface area contributed by atoms with Gasteiger partial charge in [-0.3, -0.25) is 0 Å². The van der Waals surface area contributed by atoms with E-state index in [1.165, 1.54) is 11.6 Å². The predicted octanol–water partition coefficient (Wildman–Crippen LogP) is 3.72. The van der Waals surface area contributed by atoms with E-state index < -0.39 is 11.8 Å². The maximum atomic E-state index is 14.1. The Hall–Kier alpha value is -2.36. The molecule has 0 atom stereocenters. The van der Waals surface area contributed by atoms with E-state index in [2.05, 4.69) is 6.92 Å². The van der Waals surface area contributed by atoms with Gasteiger partial charge < -0.3 is 10.0 Å². The Kier molecular flexibility index (Phi) is 4.58. The molecule has 0 aliphatic rings. The average molecular weight is 287 g/mol. The maximum Gasteiger partial charge on any atom is 0.338 e. The van der Waals surface area contributed by atoms with Crippen LogP contribution in [0.4, 0.5) is 10.1 Å². The van der Waals surface area contributed by atoms with Gasteiger partial charge in [0.05, 0.1) is 5.56 Å². The fraction of sp³-hybridized carbons (Fsp3) is 0.235. The third-order valence-electron chi connectivity index (χ3n) is 3.50. The second-order valence-corrected chi connectivity index (χ2v) is 4.96. The minimum Gasteiger partial charge on any atom is -0.478 e. The molecule has 0 unspecified atom stereocenters. The molecule has 0 aromatic heterocycles. The molecule has 0 aliphatic carbocycles. The number of rotatable bonds is 5. The van der Waals surface area contributed by atoms with Crippen LogP contribution in [0, 0.1) is 5.82 Å². The Morgan fingerprint density at radius 3 is 2.43 bits per heavy atom. The van der Waals surface area contributed by atoms with Gasteiger partial charge in [0.2, 0.25) is 0 Å².